The molecule has 88 valence electrons. The van der Waals surface area contributed by atoms with Gasteiger partial charge in [-0.05, 0) is 6.42 Å². The molecule has 0 aromatic carbocycles. The normalized spacial score (nSPS) is 14.5. The van der Waals surface area contributed by atoms with Crippen molar-refractivity contribution in [3.63, 3.8) is 0 Å². The SMILES string of the molecule is C=CC(COC(CC)C(=O)O)OCOC. The predicted octanol–water partition coefficient (Wildman–Crippen LogP) is 1.04. The maximum absolute atomic E-state index is 10.6. The van der Waals surface area contributed by atoms with E-state index in [0.29, 0.717) is 6.42 Å². The highest BCUT2D eigenvalue weighted by Crippen LogP contribution is 2.02. The van der Waals surface area contributed by atoms with Crippen molar-refractivity contribution in [2.75, 3.05) is 20.5 Å². The zero-order valence-electron chi connectivity index (χ0n) is 9.14. The van der Waals surface area contributed by atoms with Gasteiger partial charge in [0, 0.05) is 7.11 Å². The van der Waals surface area contributed by atoms with Crippen molar-refractivity contribution in [2.24, 2.45) is 0 Å². The molecule has 0 aliphatic rings. The van der Waals surface area contributed by atoms with Crippen molar-refractivity contribution in [1.29, 1.82) is 0 Å². The van der Waals surface area contributed by atoms with Crippen LogP contribution in [0.5, 0.6) is 0 Å². The summed E-state index contributed by atoms with van der Waals surface area (Å²) in [7, 11) is 1.51. The van der Waals surface area contributed by atoms with E-state index in [0.717, 1.165) is 0 Å². The quantitative estimate of drug-likeness (QED) is 0.462. The summed E-state index contributed by atoms with van der Waals surface area (Å²) in [6.45, 7) is 5.60. The zero-order valence-corrected chi connectivity index (χ0v) is 9.14. The first kappa shape index (κ1) is 14.1. The van der Waals surface area contributed by atoms with Gasteiger partial charge in [-0.2, -0.15) is 0 Å². The second kappa shape index (κ2) is 8.40. The Morgan fingerprint density at radius 2 is 2.20 bits per heavy atom. The number of hydrogen-bond donors (Lipinski definition) is 1. The molecular weight excluding hydrogens is 200 g/mol. The Bertz CT molecular complexity index is 192. The van der Waals surface area contributed by atoms with Crippen molar-refractivity contribution in [1.82, 2.24) is 0 Å². The van der Waals surface area contributed by atoms with Gasteiger partial charge < -0.3 is 19.3 Å². The van der Waals surface area contributed by atoms with E-state index in [9.17, 15) is 4.79 Å². The van der Waals surface area contributed by atoms with Crippen LogP contribution in [-0.2, 0) is 19.0 Å². The molecule has 0 radical (unpaired) electrons. The number of carboxylic acid groups (broad SMARTS) is 1. The molecule has 2 atom stereocenters. The number of ether oxygens (including phenoxy) is 3. The third kappa shape index (κ3) is 6.22. The molecule has 0 heterocycles. The van der Waals surface area contributed by atoms with Gasteiger partial charge in [-0.25, -0.2) is 4.79 Å². The molecule has 0 saturated heterocycles. The van der Waals surface area contributed by atoms with Gasteiger partial charge in [-0.15, -0.1) is 6.58 Å². The largest absolute Gasteiger partial charge is 0.479 e. The third-order valence-corrected chi connectivity index (χ3v) is 1.77. The van der Waals surface area contributed by atoms with Crippen molar-refractivity contribution >= 4 is 5.97 Å². The van der Waals surface area contributed by atoms with Gasteiger partial charge in [-0.1, -0.05) is 13.0 Å². The van der Waals surface area contributed by atoms with Gasteiger partial charge in [0.05, 0.1) is 6.61 Å². The van der Waals surface area contributed by atoms with E-state index in [1.54, 1.807) is 13.0 Å². The lowest BCUT2D eigenvalue weighted by Gasteiger charge is -2.16. The second-order valence-electron chi connectivity index (χ2n) is 2.92. The number of hydrogen-bond acceptors (Lipinski definition) is 4. The van der Waals surface area contributed by atoms with Crippen molar-refractivity contribution in [2.45, 2.75) is 25.6 Å². The minimum Gasteiger partial charge on any atom is -0.479 e. The molecule has 5 nitrogen and oxygen atoms in total. The van der Waals surface area contributed by atoms with Gasteiger partial charge in [0.15, 0.2) is 6.10 Å². The highest BCUT2D eigenvalue weighted by atomic mass is 16.7. The molecule has 0 aromatic rings. The Labute approximate surface area is 89.6 Å². The van der Waals surface area contributed by atoms with Crippen LogP contribution >= 0.6 is 0 Å². The van der Waals surface area contributed by atoms with E-state index in [-0.39, 0.29) is 19.5 Å². The Kier molecular flexibility index (Phi) is 7.89. The number of carboxylic acids is 1. The highest BCUT2D eigenvalue weighted by Gasteiger charge is 2.17. The number of aliphatic carboxylic acids is 1. The molecule has 2 unspecified atom stereocenters. The summed E-state index contributed by atoms with van der Waals surface area (Å²) in [6.07, 6.45) is 0.828. The smallest absolute Gasteiger partial charge is 0.332 e. The lowest BCUT2D eigenvalue weighted by molar-refractivity contribution is -0.154. The monoisotopic (exact) mass is 218 g/mol. The molecule has 0 fully saturated rings. The van der Waals surface area contributed by atoms with Crippen LogP contribution in [0.3, 0.4) is 0 Å². The number of rotatable bonds is 9. The number of methoxy groups -OCH3 is 1. The molecule has 15 heavy (non-hydrogen) atoms. The predicted molar refractivity (Wildman–Crippen MR) is 54.6 cm³/mol. The topological polar surface area (TPSA) is 65.0 Å². The van der Waals surface area contributed by atoms with Crippen LogP contribution < -0.4 is 0 Å². The maximum Gasteiger partial charge on any atom is 0.332 e. The first-order valence-corrected chi connectivity index (χ1v) is 4.73. The average Bonchev–Trinajstić information content (AvgIpc) is 2.23. The standard InChI is InChI=1S/C10H18O5/c1-4-8(15-7-13-3)6-14-9(5-2)10(11)12/h4,8-9H,1,5-7H2,2-3H3,(H,11,12). The molecule has 1 N–H and O–H groups in total. The van der Waals surface area contributed by atoms with Crippen molar-refractivity contribution in [3.8, 4) is 0 Å². The third-order valence-electron chi connectivity index (χ3n) is 1.77. The second-order valence-corrected chi connectivity index (χ2v) is 2.92. The lowest BCUT2D eigenvalue weighted by Crippen LogP contribution is -2.28. The van der Waals surface area contributed by atoms with E-state index in [4.69, 9.17) is 19.3 Å². The van der Waals surface area contributed by atoms with Crippen LogP contribution in [0.15, 0.2) is 12.7 Å². The van der Waals surface area contributed by atoms with Crippen LogP contribution in [0.1, 0.15) is 13.3 Å². The van der Waals surface area contributed by atoms with E-state index < -0.39 is 12.1 Å². The number of carbonyl (C=O) groups is 1. The summed E-state index contributed by atoms with van der Waals surface area (Å²) in [5, 5.41) is 8.72. The molecule has 0 aromatic heterocycles. The first-order chi connectivity index (χ1) is 7.15. The van der Waals surface area contributed by atoms with Crippen LogP contribution in [-0.4, -0.2) is 43.8 Å². The average molecular weight is 218 g/mol. The molecule has 0 bridgehead atoms. The van der Waals surface area contributed by atoms with Crippen molar-refractivity contribution in [3.05, 3.63) is 12.7 Å². The summed E-state index contributed by atoms with van der Waals surface area (Å²) < 4.78 is 15.0. The molecule has 0 spiro atoms. The van der Waals surface area contributed by atoms with Crippen LogP contribution in [0, 0.1) is 0 Å². The van der Waals surface area contributed by atoms with E-state index >= 15 is 0 Å². The fourth-order valence-corrected chi connectivity index (χ4v) is 0.914. The summed E-state index contributed by atoms with van der Waals surface area (Å²) in [6, 6.07) is 0. The summed E-state index contributed by atoms with van der Waals surface area (Å²) in [4.78, 5) is 10.6. The van der Waals surface area contributed by atoms with E-state index in [1.807, 2.05) is 0 Å². The fraction of sp³-hybridized carbons (Fsp3) is 0.700. The highest BCUT2D eigenvalue weighted by molar-refractivity contribution is 5.72. The molecule has 0 saturated carbocycles. The van der Waals surface area contributed by atoms with Crippen LogP contribution in [0.4, 0.5) is 0 Å². The molecule has 0 aliphatic carbocycles. The van der Waals surface area contributed by atoms with Crippen molar-refractivity contribution < 1.29 is 24.1 Å². The Balaban J connectivity index is 3.86. The van der Waals surface area contributed by atoms with Gasteiger partial charge in [0.2, 0.25) is 0 Å². The molecular formula is C10H18O5. The molecule has 5 heteroatoms. The Morgan fingerprint density at radius 3 is 2.60 bits per heavy atom. The van der Waals surface area contributed by atoms with Crippen LogP contribution in [0.25, 0.3) is 0 Å². The summed E-state index contributed by atoms with van der Waals surface area (Å²) in [5.74, 6) is -0.966. The van der Waals surface area contributed by atoms with Gasteiger partial charge in [-0.3, -0.25) is 0 Å². The summed E-state index contributed by atoms with van der Waals surface area (Å²) >= 11 is 0. The molecule has 0 aliphatic heterocycles. The molecule has 0 rings (SSSR count). The van der Waals surface area contributed by atoms with E-state index in [1.165, 1.54) is 7.11 Å². The minimum atomic E-state index is -0.966. The van der Waals surface area contributed by atoms with E-state index in [2.05, 4.69) is 6.58 Å². The lowest BCUT2D eigenvalue weighted by atomic mass is 10.3. The van der Waals surface area contributed by atoms with Gasteiger partial charge >= 0.3 is 5.97 Å². The molecule has 0 amide bonds. The minimum absolute atomic E-state index is 0.129. The fourth-order valence-electron chi connectivity index (χ4n) is 0.914. The zero-order chi connectivity index (χ0) is 11.7. The first-order valence-electron chi connectivity index (χ1n) is 4.73. The Hall–Kier alpha value is -0.910. The van der Waals surface area contributed by atoms with Crippen LogP contribution in [0.2, 0.25) is 0 Å². The Morgan fingerprint density at radius 1 is 1.53 bits per heavy atom. The summed E-state index contributed by atoms with van der Waals surface area (Å²) in [5.41, 5.74) is 0. The maximum atomic E-state index is 10.6. The van der Waals surface area contributed by atoms with Gasteiger partial charge in [0.25, 0.3) is 0 Å². The van der Waals surface area contributed by atoms with Gasteiger partial charge in [0.1, 0.15) is 12.9 Å².